The maximum absolute atomic E-state index is 11.6. The van der Waals surface area contributed by atoms with Crippen molar-refractivity contribution in [3.63, 3.8) is 0 Å². The van der Waals surface area contributed by atoms with Crippen LogP contribution in [0.2, 0.25) is 0 Å². The lowest BCUT2D eigenvalue weighted by molar-refractivity contribution is 0.0697. The molecule has 3 aromatic rings. The molecule has 3 heteroatoms. The Morgan fingerprint density at radius 1 is 0.800 bits per heavy atom. The van der Waals surface area contributed by atoms with Crippen molar-refractivity contribution in [3.05, 3.63) is 77.9 Å². The van der Waals surface area contributed by atoms with E-state index < -0.39 is 5.97 Å². The highest BCUT2D eigenvalue weighted by molar-refractivity contribution is 5.92. The van der Waals surface area contributed by atoms with Gasteiger partial charge in [-0.15, -0.1) is 0 Å². The molecule has 0 saturated carbocycles. The lowest BCUT2D eigenvalue weighted by Gasteiger charge is -2.14. The van der Waals surface area contributed by atoms with Crippen LogP contribution in [0.25, 0.3) is 22.3 Å². The number of hydrogen-bond donors (Lipinski definition) is 1. The monoisotopic (exact) mass is 331 g/mol. The molecule has 1 N–H and O–H groups in total. The van der Waals surface area contributed by atoms with E-state index in [1.54, 1.807) is 12.1 Å². The minimum Gasteiger partial charge on any atom is -0.478 e. The Bertz CT molecular complexity index is 912. The SMILES string of the molecule is Cc1ccc(-c2cc(C(=O)O)cc(-c3cccc(N(C)C)c3)c2)cc1. The molecular weight excluding hydrogens is 310 g/mol. The molecule has 0 bridgehead atoms. The van der Waals surface area contributed by atoms with Crippen LogP contribution in [0.5, 0.6) is 0 Å². The molecule has 3 nitrogen and oxygen atoms in total. The third-order valence-electron chi connectivity index (χ3n) is 4.26. The molecule has 0 atom stereocenters. The standard InChI is InChI=1S/C22H21NO2/c1-15-7-9-16(10-8-15)18-11-19(13-20(12-18)22(24)25)17-5-4-6-21(14-17)23(2)3/h4-14H,1-3H3,(H,24,25). The van der Waals surface area contributed by atoms with Gasteiger partial charge in [0, 0.05) is 19.8 Å². The van der Waals surface area contributed by atoms with Crippen LogP contribution < -0.4 is 4.90 Å². The fourth-order valence-corrected chi connectivity index (χ4v) is 2.79. The van der Waals surface area contributed by atoms with E-state index in [9.17, 15) is 9.90 Å². The molecule has 0 unspecified atom stereocenters. The van der Waals surface area contributed by atoms with E-state index in [1.807, 2.05) is 74.4 Å². The number of rotatable bonds is 4. The van der Waals surface area contributed by atoms with E-state index in [-0.39, 0.29) is 0 Å². The van der Waals surface area contributed by atoms with E-state index in [4.69, 9.17) is 0 Å². The van der Waals surface area contributed by atoms with E-state index in [2.05, 4.69) is 6.07 Å². The molecule has 0 aliphatic carbocycles. The largest absolute Gasteiger partial charge is 0.478 e. The minimum absolute atomic E-state index is 0.295. The molecule has 126 valence electrons. The molecule has 0 radical (unpaired) electrons. The summed E-state index contributed by atoms with van der Waals surface area (Å²) in [6, 6.07) is 21.7. The van der Waals surface area contributed by atoms with Crippen molar-refractivity contribution in [2.24, 2.45) is 0 Å². The Kier molecular flexibility index (Phi) is 4.57. The Morgan fingerprint density at radius 3 is 2.04 bits per heavy atom. The lowest BCUT2D eigenvalue weighted by Crippen LogP contribution is -2.08. The van der Waals surface area contributed by atoms with Crippen LogP contribution in [0.15, 0.2) is 66.7 Å². The Morgan fingerprint density at radius 2 is 1.44 bits per heavy atom. The second-order valence-corrected chi connectivity index (χ2v) is 6.41. The number of anilines is 1. The van der Waals surface area contributed by atoms with Crippen molar-refractivity contribution >= 4 is 11.7 Å². The quantitative estimate of drug-likeness (QED) is 0.723. The molecule has 3 rings (SSSR count). The first-order valence-corrected chi connectivity index (χ1v) is 8.17. The van der Waals surface area contributed by atoms with Gasteiger partial charge < -0.3 is 10.0 Å². The first-order chi connectivity index (χ1) is 11.9. The average molecular weight is 331 g/mol. The molecule has 0 amide bonds. The first kappa shape index (κ1) is 16.8. The molecule has 3 aromatic carbocycles. The van der Waals surface area contributed by atoms with Crippen LogP contribution in [0, 0.1) is 6.92 Å². The summed E-state index contributed by atoms with van der Waals surface area (Å²) in [5.74, 6) is -0.918. The van der Waals surface area contributed by atoms with E-state index in [0.29, 0.717) is 5.56 Å². The average Bonchev–Trinajstić information content (AvgIpc) is 2.62. The lowest BCUT2D eigenvalue weighted by atomic mass is 9.95. The minimum atomic E-state index is -0.918. The molecule has 0 saturated heterocycles. The molecule has 0 aliphatic rings. The summed E-state index contributed by atoms with van der Waals surface area (Å²) in [7, 11) is 3.98. The van der Waals surface area contributed by atoms with Crippen LogP contribution in [0.4, 0.5) is 5.69 Å². The number of benzene rings is 3. The van der Waals surface area contributed by atoms with Gasteiger partial charge in [-0.3, -0.25) is 0 Å². The van der Waals surface area contributed by atoms with Crippen LogP contribution >= 0.6 is 0 Å². The van der Waals surface area contributed by atoms with Gasteiger partial charge in [-0.2, -0.15) is 0 Å². The van der Waals surface area contributed by atoms with Gasteiger partial charge in [-0.25, -0.2) is 4.79 Å². The van der Waals surface area contributed by atoms with Gasteiger partial charge in [0.05, 0.1) is 5.56 Å². The Balaban J connectivity index is 2.15. The van der Waals surface area contributed by atoms with Crippen molar-refractivity contribution in [3.8, 4) is 22.3 Å². The summed E-state index contributed by atoms with van der Waals surface area (Å²) < 4.78 is 0. The normalized spacial score (nSPS) is 10.5. The second kappa shape index (κ2) is 6.81. The summed E-state index contributed by atoms with van der Waals surface area (Å²) in [4.78, 5) is 13.6. The van der Waals surface area contributed by atoms with Crippen molar-refractivity contribution < 1.29 is 9.90 Å². The van der Waals surface area contributed by atoms with Crippen LogP contribution in [0.1, 0.15) is 15.9 Å². The maximum Gasteiger partial charge on any atom is 0.335 e. The summed E-state index contributed by atoms with van der Waals surface area (Å²) in [5.41, 5.74) is 6.38. The van der Waals surface area contributed by atoms with Gasteiger partial charge in [-0.05, 0) is 59.5 Å². The summed E-state index contributed by atoms with van der Waals surface area (Å²) in [5, 5.41) is 9.51. The second-order valence-electron chi connectivity index (χ2n) is 6.41. The number of hydrogen-bond acceptors (Lipinski definition) is 2. The zero-order chi connectivity index (χ0) is 18.0. The van der Waals surface area contributed by atoms with Crippen LogP contribution in [0.3, 0.4) is 0 Å². The predicted octanol–water partition coefficient (Wildman–Crippen LogP) is 5.09. The van der Waals surface area contributed by atoms with Crippen molar-refractivity contribution in [1.29, 1.82) is 0 Å². The van der Waals surface area contributed by atoms with E-state index >= 15 is 0 Å². The fourth-order valence-electron chi connectivity index (χ4n) is 2.79. The van der Waals surface area contributed by atoms with Crippen molar-refractivity contribution in [1.82, 2.24) is 0 Å². The highest BCUT2D eigenvalue weighted by Gasteiger charge is 2.10. The molecular formula is C22H21NO2. The zero-order valence-corrected chi connectivity index (χ0v) is 14.7. The van der Waals surface area contributed by atoms with Crippen molar-refractivity contribution in [2.45, 2.75) is 6.92 Å². The first-order valence-electron chi connectivity index (χ1n) is 8.17. The topological polar surface area (TPSA) is 40.5 Å². The maximum atomic E-state index is 11.6. The molecule has 0 heterocycles. The smallest absolute Gasteiger partial charge is 0.335 e. The van der Waals surface area contributed by atoms with E-state index in [1.165, 1.54) is 5.56 Å². The summed E-state index contributed by atoms with van der Waals surface area (Å²) >= 11 is 0. The zero-order valence-electron chi connectivity index (χ0n) is 14.7. The predicted molar refractivity (Wildman–Crippen MR) is 103 cm³/mol. The number of carboxylic acid groups (broad SMARTS) is 1. The number of aryl methyl sites for hydroxylation is 1. The van der Waals surface area contributed by atoms with Gasteiger partial charge in [-0.1, -0.05) is 42.0 Å². The van der Waals surface area contributed by atoms with Crippen LogP contribution in [-0.4, -0.2) is 25.2 Å². The van der Waals surface area contributed by atoms with Gasteiger partial charge in [0.2, 0.25) is 0 Å². The fraction of sp³-hybridized carbons (Fsp3) is 0.136. The third-order valence-corrected chi connectivity index (χ3v) is 4.26. The Labute approximate surface area is 148 Å². The third kappa shape index (κ3) is 3.72. The highest BCUT2D eigenvalue weighted by Crippen LogP contribution is 2.30. The highest BCUT2D eigenvalue weighted by atomic mass is 16.4. The molecule has 0 aromatic heterocycles. The van der Waals surface area contributed by atoms with Gasteiger partial charge in [0.1, 0.15) is 0 Å². The molecule has 0 aliphatic heterocycles. The summed E-state index contributed by atoms with van der Waals surface area (Å²) in [6.07, 6.45) is 0. The number of carboxylic acids is 1. The number of aromatic carboxylic acids is 1. The van der Waals surface area contributed by atoms with Gasteiger partial charge in [0.15, 0.2) is 0 Å². The van der Waals surface area contributed by atoms with Gasteiger partial charge >= 0.3 is 5.97 Å². The van der Waals surface area contributed by atoms with Crippen molar-refractivity contribution in [2.75, 3.05) is 19.0 Å². The van der Waals surface area contributed by atoms with Crippen LogP contribution in [-0.2, 0) is 0 Å². The van der Waals surface area contributed by atoms with E-state index in [0.717, 1.165) is 27.9 Å². The summed E-state index contributed by atoms with van der Waals surface area (Å²) in [6.45, 7) is 2.04. The molecule has 25 heavy (non-hydrogen) atoms. The number of carbonyl (C=O) groups is 1. The Hall–Kier alpha value is -3.07. The molecule has 0 fully saturated rings. The molecule has 0 spiro atoms. The number of nitrogens with zero attached hydrogens (tertiary/aromatic N) is 1. The van der Waals surface area contributed by atoms with Gasteiger partial charge in [0.25, 0.3) is 0 Å².